The quantitative estimate of drug-likeness (QED) is 0.816. The Morgan fingerprint density at radius 3 is 2.58 bits per heavy atom. The Bertz CT molecular complexity index is 579. The first-order valence-electron chi connectivity index (χ1n) is 6.44. The van der Waals surface area contributed by atoms with Crippen molar-refractivity contribution < 1.29 is 4.74 Å². The molecule has 0 saturated heterocycles. The Morgan fingerprint density at radius 1 is 1.11 bits per heavy atom. The van der Waals surface area contributed by atoms with Crippen molar-refractivity contribution in [1.82, 2.24) is 0 Å². The predicted molar refractivity (Wildman–Crippen MR) is 81.2 cm³/mol. The minimum atomic E-state index is 0.731. The summed E-state index contributed by atoms with van der Waals surface area (Å²) in [5.74, 6) is 0.818. The lowest BCUT2D eigenvalue weighted by Gasteiger charge is -2.14. The van der Waals surface area contributed by atoms with E-state index in [-0.39, 0.29) is 0 Å². The van der Waals surface area contributed by atoms with E-state index in [4.69, 9.17) is 10.5 Å². The van der Waals surface area contributed by atoms with Crippen molar-refractivity contribution in [2.24, 2.45) is 0 Å². The Labute approximate surface area is 114 Å². The van der Waals surface area contributed by atoms with E-state index < -0.39 is 0 Å². The van der Waals surface area contributed by atoms with Gasteiger partial charge in [-0.15, -0.1) is 0 Å². The van der Waals surface area contributed by atoms with Gasteiger partial charge in [-0.05, 0) is 48.7 Å². The Hall–Kier alpha value is -2.16. The average Bonchev–Trinajstić information content (AvgIpc) is 2.42. The maximum Gasteiger partial charge on any atom is 0.142 e. The van der Waals surface area contributed by atoms with E-state index in [1.165, 1.54) is 11.1 Å². The molecule has 3 nitrogen and oxygen atoms in total. The molecule has 100 valence electrons. The van der Waals surface area contributed by atoms with Gasteiger partial charge in [-0.25, -0.2) is 0 Å². The maximum atomic E-state index is 6.00. The fraction of sp³-hybridized carbons (Fsp3) is 0.250. The van der Waals surface area contributed by atoms with Gasteiger partial charge in [-0.2, -0.15) is 0 Å². The van der Waals surface area contributed by atoms with Gasteiger partial charge in [0.2, 0.25) is 0 Å². The number of ether oxygens (including phenoxy) is 1. The van der Waals surface area contributed by atoms with E-state index in [9.17, 15) is 0 Å². The van der Waals surface area contributed by atoms with Gasteiger partial charge >= 0.3 is 0 Å². The van der Waals surface area contributed by atoms with Crippen LogP contribution in [0.4, 0.5) is 17.1 Å². The van der Waals surface area contributed by atoms with E-state index in [1.54, 1.807) is 7.11 Å². The van der Waals surface area contributed by atoms with Gasteiger partial charge in [0.15, 0.2) is 0 Å². The van der Waals surface area contributed by atoms with Crippen molar-refractivity contribution in [1.29, 1.82) is 0 Å². The third kappa shape index (κ3) is 2.99. The van der Waals surface area contributed by atoms with E-state index >= 15 is 0 Å². The van der Waals surface area contributed by atoms with Gasteiger partial charge in [0.05, 0.1) is 24.2 Å². The molecule has 0 saturated carbocycles. The summed E-state index contributed by atoms with van der Waals surface area (Å²) in [7, 11) is 1.67. The van der Waals surface area contributed by atoms with Crippen LogP contribution in [-0.2, 0) is 6.42 Å². The molecule has 0 amide bonds. The van der Waals surface area contributed by atoms with Crippen LogP contribution in [0.1, 0.15) is 18.1 Å². The molecule has 0 spiro atoms. The van der Waals surface area contributed by atoms with Gasteiger partial charge in [0, 0.05) is 0 Å². The zero-order chi connectivity index (χ0) is 13.8. The molecule has 0 aliphatic rings. The largest absolute Gasteiger partial charge is 0.495 e. The summed E-state index contributed by atoms with van der Waals surface area (Å²) in [6.45, 7) is 4.18. The van der Waals surface area contributed by atoms with Gasteiger partial charge in [0.1, 0.15) is 5.75 Å². The highest BCUT2D eigenvalue weighted by Crippen LogP contribution is 2.31. The molecule has 2 aromatic carbocycles. The number of aryl methyl sites for hydroxylation is 2. The number of nitrogens with two attached hydrogens (primary N) is 1. The molecule has 0 atom stereocenters. The van der Waals surface area contributed by atoms with Crippen molar-refractivity contribution >= 4 is 17.1 Å². The van der Waals surface area contributed by atoms with Crippen molar-refractivity contribution in [3.05, 3.63) is 47.5 Å². The highest BCUT2D eigenvalue weighted by molar-refractivity contribution is 5.76. The van der Waals surface area contributed by atoms with E-state index in [0.717, 1.165) is 29.2 Å². The van der Waals surface area contributed by atoms with Crippen molar-refractivity contribution in [3.63, 3.8) is 0 Å². The molecule has 0 aromatic heterocycles. The van der Waals surface area contributed by atoms with Crippen LogP contribution in [0.25, 0.3) is 0 Å². The number of nitrogens with one attached hydrogen (secondary N) is 1. The lowest BCUT2D eigenvalue weighted by molar-refractivity contribution is 0.416. The van der Waals surface area contributed by atoms with Crippen LogP contribution in [-0.4, -0.2) is 7.11 Å². The van der Waals surface area contributed by atoms with Crippen LogP contribution in [0.15, 0.2) is 36.4 Å². The summed E-state index contributed by atoms with van der Waals surface area (Å²) in [5, 5.41) is 3.36. The zero-order valence-corrected chi connectivity index (χ0v) is 11.7. The van der Waals surface area contributed by atoms with Crippen LogP contribution in [0.3, 0.4) is 0 Å². The SMILES string of the molecule is CCc1ccc(OC)c(Nc2cc(C)ccc2N)c1. The van der Waals surface area contributed by atoms with Crippen LogP contribution in [0.2, 0.25) is 0 Å². The molecule has 19 heavy (non-hydrogen) atoms. The number of anilines is 3. The standard InChI is InChI=1S/C16H20N2O/c1-4-12-6-8-16(19-3)15(10-12)18-14-9-11(2)5-7-13(14)17/h5-10,18H,4,17H2,1-3H3. The topological polar surface area (TPSA) is 47.3 Å². The first kappa shape index (κ1) is 13.3. The first-order valence-corrected chi connectivity index (χ1v) is 6.44. The third-order valence-corrected chi connectivity index (χ3v) is 3.15. The summed E-state index contributed by atoms with van der Waals surface area (Å²) in [6.07, 6.45) is 0.988. The minimum Gasteiger partial charge on any atom is -0.495 e. The number of hydrogen-bond acceptors (Lipinski definition) is 3. The monoisotopic (exact) mass is 256 g/mol. The summed E-state index contributed by atoms with van der Waals surface area (Å²) in [4.78, 5) is 0. The number of nitrogen functional groups attached to an aromatic ring is 1. The Morgan fingerprint density at radius 2 is 1.89 bits per heavy atom. The lowest BCUT2D eigenvalue weighted by atomic mass is 10.1. The van der Waals surface area contributed by atoms with Crippen molar-refractivity contribution in [2.75, 3.05) is 18.2 Å². The normalized spacial score (nSPS) is 10.3. The summed E-state index contributed by atoms with van der Waals surface area (Å²) in [5.41, 5.74) is 11.0. The fourth-order valence-electron chi connectivity index (χ4n) is 2.00. The number of hydrogen-bond donors (Lipinski definition) is 2. The Kier molecular flexibility index (Phi) is 3.95. The second-order valence-electron chi connectivity index (χ2n) is 4.60. The lowest BCUT2D eigenvalue weighted by Crippen LogP contribution is -1.99. The van der Waals surface area contributed by atoms with Gasteiger partial charge in [0.25, 0.3) is 0 Å². The molecular weight excluding hydrogens is 236 g/mol. The smallest absolute Gasteiger partial charge is 0.142 e. The highest BCUT2D eigenvalue weighted by Gasteiger charge is 2.06. The highest BCUT2D eigenvalue weighted by atomic mass is 16.5. The maximum absolute atomic E-state index is 6.00. The second-order valence-corrected chi connectivity index (χ2v) is 4.60. The van der Waals surface area contributed by atoms with Crippen molar-refractivity contribution in [2.45, 2.75) is 20.3 Å². The molecule has 2 rings (SSSR count). The number of rotatable bonds is 4. The number of benzene rings is 2. The van der Waals surface area contributed by atoms with Crippen LogP contribution in [0, 0.1) is 6.92 Å². The van der Waals surface area contributed by atoms with Crippen LogP contribution < -0.4 is 15.8 Å². The third-order valence-electron chi connectivity index (χ3n) is 3.15. The molecule has 0 unspecified atom stereocenters. The molecule has 0 radical (unpaired) electrons. The molecule has 0 fully saturated rings. The average molecular weight is 256 g/mol. The summed E-state index contributed by atoms with van der Waals surface area (Å²) < 4.78 is 5.38. The van der Waals surface area contributed by atoms with Crippen LogP contribution >= 0.6 is 0 Å². The molecule has 2 aromatic rings. The molecular formula is C16H20N2O. The molecule has 0 aliphatic heterocycles. The van der Waals surface area contributed by atoms with E-state index in [1.807, 2.05) is 31.2 Å². The molecule has 3 N–H and O–H groups in total. The molecule has 0 aliphatic carbocycles. The van der Waals surface area contributed by atoms with E-state index in [0.29, 0.717) is 0 Å². The van der Waals surface area contributed by atoms with Crippen LogP contribution in [0.5, 0.6) is 5.75 Å². The zero-order valence-electron chi connectivity index (χ0n) is 11.7. The predicted octanol–water partition coefficient (Wildman–Crippen LogP) is 3.89. The molecule has 0 heterocycles. The summed E-state index contributed by atoms with van der Waals surface area (Å²) in [6, 6.07) is 12.1. The van der Waals surface area contributed by atoms with Gasteiger partial charge in [-0.1, -0.05) is 19.1 Å². The Balaban J connectivity index is 2.38. The second kappa shape index (κ2) is 5.65. The number of methoxy groups -OCH3 is 1. The van der Waals surface area contributed by atoms with Gasteiger partial charge in [-0.3, -0.25) is 0 Å². The summed E-state index contributed by atoms with van der Waals surface area (Å²) >= 11 is 0. The van der Waals surface area contributed by atoms with Crippen molar-refractivity contribution in [3.8, 4) is 5.75 Å². The molecule has 3 heteroatoms. The van der Waals surface area contributed by atoms with E-state index in [2.05, 4.69) is 24.4 Å². The molecule has 0 bridgehead atoms. The minimum absolute atomic E-state index is 0.731. The first-order chi connectivity index (χ1) is 9.13. The fourth-order valence-corrected chi connectivity index (χ4v) is 2.00. The van der Waals surface area contributed by atoms with Gasteiger partial charge < -0.3 is 15.8 Å².